The lowest BCUT2D eigenvalue weighted by molar-refractivity contribution is -0.131. The molecule has 112 valence electrons. The highest BCUT2D eigenvalue weighted by molar-refractivity contribution is 9.10. The average molecular weight is 343 g/mol. The van der Waals surface area contributed by atoms with Crippen LogP contribution < -0.4 is 10.5 Å². The van der Waals surface area contributed by atoms with Crippen molar-refractivity contribution in [1.82, 2.24) is 4.90 Å². The van der Waals surface area contributed by atoms with Crippen LogP contribution in [-0.4, -0.2) is 37.0 Å². The lowest BCUT2D eigenvalue weighted by atomic mass is 10.1. The average Bonchev–Trinajstić information content (AvgIpc) is 2.45. The Morgan fingerprint density at radius 2 is 2.05 bits per heavy atom. The number of rotatable bonds is 8. The van der Waals surface area contributed by atoms with Crippen LogP contribution in [0, 0.1) is 0 Å². The first-order valence-corrected chi connectivity index (χ1v) is 7.72. The monoisotopic (exact) mass is 342 g/mol. The van der Waals surface area contributed by atoms with E-state index >= 15 is 0 Å². The molecule has 0 bridgehead atoms. The molecule has 0 saturated carbocycles. The van der Waals surface area contributed by atoms with Crippen LogP contribution in [0.5, 0.6) is 5.75 Å². The van der Waals surface area contributed by atoms with Crippen LogP contribution in [0.25, 0.3) is 0 Å². The Balaban J connectivity index is 2.30. The quantitative estimate of drug-likeness (QED) is 0.790. The standard InChI is InChI=1S/C15H23BrN2O2/c1-3-4-5-14(17)15(19)18(2)10-11-20-13-8-6-12(16)7-9-13/h6-9,14H,3-5,10-11,17H2,1-2H3. The molecule has 0 aliphatic rings. The number of carbonyl (C=O) groups excluding carboxylic acids is 1. The maximum absolute atomic E-state index is 12.0. The van der Waals surface area contributed by atoms with Crippen molar-refractivity contribution in [1.29, 1.82) is 0 Å². The number of hydrogen-bond donors (Lipinski definition) is 1. The Hall–Kier alpha value is -1.07. The molecule has 1 aromatic rings. The number of benzene rings is 1. The SMILES string of the molecule is CCCCC(N)C(=O)N(C)CCOc1ccc(Br)cc1. The zero-order valence-electron chi connectivity index (χ0n) is 12.1. The van der Waals surface area contributed by atoms with E-state index in [4.69, 9.17) is 10.5 Å². The largest absolute Gasteiger partial charge is 0.492 e. The first-order valence-electron chi connectivity index (χ1n) is 6.93. The van der Waals surface area contributed by atoms with E-state index < -0.39 is 6.04 Å². The van der Waals surface area contributed by atoms with Gasteiger partial charge in [-0.2, -0.15) is 0 Å². The summed E-state index contributed by atoms with van der Waals surface area (Å²) in [7, 11) is 1.76. The van der Waals surface area contributed by atoms with Gasteiger partial charge in [0.2, 0.25) is 5.91 Å². The van der Waals surface area contributed by atoms with Crippen molar-refractivity contribution in [2.45, 2.75) is 32.2 Å². The molecular formula is C15H23BrN2O2. The Morgan fingerprint density at radius 3 is 2.65 bits per heavy atom. The smallest absolute Gasteiger partial charge is 0.239 e. The van der Waals surface area contributed by atoms with Gasteiger partial charge < -0.3 is 15.4 Å². The third-order valence-corrected chi connectivity index (χ3v) is 3.60. The van der Waals surface area contributed by atoms with Crippen LogP contribution in [0.2, 0.25) is 0 Å². The highest BCUT2D eigenvalue weighted by Crippen LogP contribution is 2.15. The van der Waals surface area contributed by atoms with E-state index in [2.05, 4.69) is 22.9 Å². The maximum atomic E-state index is 12.0. The van der Waals surface area contributed by atoms with Crippen molar-refractivity contribution < 1.29 is 9.53 Å². The Bertz CT molecular complexity index is 409. The summed E-state index contributed by atoms with van der Waals surface area (Å²) in [5.74, 6) is 0.780. The van der Waals surface area contributed by atoms with Crippen molar-refractivity contribution >= 4 is 21.8 Å². The number of amides is 1. The van der Waals surface area contributed by atoms with Gasteiger partial charge in [0.05, 0.1) is 12.6 Å². The summed E-state index contributed by atoms with van der Waals surface area (Å²) < 4.78 is 6.60. The number of likely N-dealkylation sites (N-methyl/N-ethyl adjacent to an activating group) is 1. The van der Waals surface area contributed by atoms with E-state index in [9.17, 15) is 4.79 Å². The molecule has 2 N–H and O–H groups in total. The molecule has 1 aromatic carbocycles. The molecule has 1 rings (SSSR count). The van der Waals surface area contributed by atoms with Gasteiger partial charge in [-0.25, -0.2) is 0 Å². The lowest BCUT2D eigenvalue weighted by Gasteiger charge is -2.21. The van der Waals surface area contributed by atoms with Crippen molar-refractivity contribution in [2.24, 2.45) is 5.73 Å². The molecule has 1 atom stereocenters. The van der Waals surface area contributed by atoms with Gasteiger partial charge >= 0.3 is 0 Å². The Morgan fingerprint density at radius 1 is 1.40 bits per heavy atom. The molecule has 0 aliphatic heterocycles. The van der Waals surface area contributed by atoms with Crippen molar-refractivity contribution in [3.63, 3.8) is 0 Å². The molecule has 5 heteroatoms. The normalized spacial score (nSPS) is 12.0. The van der Waals surface area contributed by atoms with E-state index in [-0.39, 0.29) is 5.91 Å². The molecule has 20 heavy (non-hydrogen) atoms. The molecule has 0 spiro atoms. The molecule has 0 heterocycles. The van der Waals surface area contributed by atoms with E-state index in [1.54, 1.807) is 11.9 Å². The topological polar surface area (TPSA) is 55.6 Å². The van der Waals surface area contributed by atoms with Gasteiger partial charge in [-0.3, -0.25) is 4.79 Å². The minimum atomic E-state index is -0.396. The van der Waals surface area contributed by atoms with Crippen LogP contribution in [0.15, 0.2) is 28.7 Å². The van der Waals surface area contributed by atoms with Crippen molar-refractivity contribution in [3.8, 4) is 5.75 Å². The second-order valence-electron chi connectivity index (χ2n) is 4.81. The fourth-order valence-corrected chi connectivity index (χ4v) is 2.04. The van der Waals surface area contributed by atoms with Gasteiger partial charge in [-0.15, -0.1) is 0 Å². The predicted molar refractivity (Wildman–Crippen MR) is 84.8 cm³/mol. The molecule has 0 fully saturated rings. The number of hydrogen-bond acceptors (Lipinski definition) is 3. The van der Waals surface area contributed by atoms with Gasteiger partial charge in [0, 0.05) is 11.5 Å². The summed E-state index contributed by atoms with van der Waals surface area (Å²) in [6.07, 6.45) is 2.78. The van der Waals surface area contributed by atoms with Gasteiger partial charge in [0.25, 0.3) is 0 Å². The van der Waals surface area contributed by atoms with Crippen LogP contribution in [0.1, 0.15) is 26.2 Å². The lowest BCUT2D eigenvalue weighted by Crippen LogP contribution is -2.43. The van der Waals surface area contributed by atoms with Gasteiger partial charge in [0.15, 0.2) is 0 Å². The molecular weight excluding hydrogens is 320 g/mol. The molecule has 0 aliphatic carbocycles. The number of nitrogens with zero attached hydrogens (tertiary/aromatic N) is 1. The fourth-order valence-electron chi connectivity index (χ4n) is 1.77. The zero-order valence-corrected chi connectivity index (χ0v) is 13.7. The fraction of sp³-hybridized carbons (Fsp3) is 0.533. The van der Waals surface area contributed by atoms with E-state index in [0.29, 0.717) is 13.2 Å². The minimum absolute atomic E-state index is 0.0159. The molecule has 0 radical (unpaired) electrons. The maximum Gasteiger partial charge on any atom is 0.239 e. The van der Waals surface area contributed by atoms with Gasteiger partial charge in [-0.05, 0) is 30.7 Å². The Labute approximate surface area is 129 Å². The van der Waals surface area contributed by atoms with Crippen LogP contribution in [0.4, 0.5) is 0 Å². The van der Waals surface area contributed by atoms with Crippen LogP contribution in [0.3, 0.4) is 0 Å². The second-order valence-corrected chi connectivity index (χ2v) is 5.73. The number of ether oxygens (including phenoxy) is 1. The van der Waals surface area contributed by atoms with E-state index in [1.807, 2.05) is 24.3 Å². The predicted octanol–water partition coefficient (Wildman–Crippen LogP) is 2.80. The number of unbranched alkanes of at least 4 members (excludes halogenated alkanes) is 1. The molecule has 1 amide bonds. The highest BCUT2D eigenvalue weighted by Gasteiger charge is 2.17. The first-order chi connectivity index (χ1) is 9.54. The summed E-state index contributed by atoms with van der Waals surface area (Å²) in [4.78, 5) is 13.6. The molecule has 0 aromatic heterocycles. The van der Waals surface area contributed by atoms with Crippen LogP contribution in [-0.2, 0) is 4.79 Å². The first kappa shape index (κ1) is 17.0. The third-order valence-electron chi connectivity index (χ3n) is 3.07. The van der Waals surface area contributed by atoms with Gasteiger partial charge in [-0.1, -0.05) is 35.7 Å². The van der Waals surface area contributed by atoms with E-state index in [1.165, 1.54) is 0 Å². The third kappa shape index (κ3) is 5.92. The Kier molecular flexibility index (Phi) is 7.62. The minimum Gasteiger partial charge on any atom is -0.492 e. The molecule has 4 nitrogen and oxygen atoms in total. The number of carbonyl (C=O) groups is 1. The number of nitrogens with two attached hydrogens (primary N) is 1. The van der Waals surface area contributed by atoms with Crippen molar-refractivity contribution in [2.75, 3.05) is 20.2 Å². The summed E-state index contributed by atoms with van der Waals surface area (Å²) in [6, 6.07) is 7.22. The van der Waals surface area contributed by atoms with E-state index in [0.717, 1.165) is 29.5 Å². The molecule has 0 saturated heterocycles. The summed E-state index contributed by atoms with van der Waals surface area (Å²) in [6.45, 7) is 3.09. The molecule has 1 unspecified atom stereocenters. The highest BCUT2D eigenvalue weighted by atomic mass is 79.9. The summed E-state index contributed by atoms with van der Waals surface area (Å²) in [5, 5.41) is 0. The number of halogens is 1. The second kappa shape index (κ2) is 8.97. The summed E-state index contributed by atoms with van der Waals surface area (Å²) >= 11 is 3.37. The zero-order chi connectivity index (χ0) is 15.0. The van der Waals surface area contributed by atoms with Crippen molar-refractivity contribution in [3.05, 3.63) is 28.7 Å². The summed E-state index contributed by atoms with van der Waals surface area (Å²) in [5.41, 5.74) is 5.87. The van der Waals surface area contributed by atoms with Gasteiger partial charge in [0.1, 0.15) is 12.4 Å². The van der Waals surface area contributed by atoms with Crippen LogP contribution >= 0.6 is 15.9 Å².